The summed E-state index contributed by atoms with van der Waals surface area (Å²) in [5, 5.41) is 12.2. The summed E-state index contributed by atoms with van der Waals surface area (Å²) in [6.45, 7) is 5.56. The number of aliphatic imine (C=N–C) groups is 1. The van der Waals surface area contributed by atoms with Crippen molar-refractivity contribution in [2.75, 3.05) is 13.9 Å². The van der Waals surface area contributed by atoms with Crippen LogP contribution in [-0.4, -0.2) is 36.3 Å². The number of carbonyl (C=O) groups excluding carboxylic acids is 2. The number of Topliss-reactive ketones (excluding diaryl/α,β-unsaturated/α-hetero) is 1. The van der Waals surface area contributed by atoms with Crippen LogP contribution in [0.2, 0.25) is 0 Å². The molecule has 2 atom stereocenters. The molecule has 10 heteroatoms. The maximum Gasteiger partial charge on any atom is 0.315 e. The Morgan fingerprint density at radius 2 is 1.84 bits per heavy atom. The van der Waals surface area contributed by atoms with Crippen LogP contribution < -0.4 is 14.2 Å². The van der Waals surface area contributed by atoms with Gasteiger partial charge in [-0.3, -0.25) is 24.7 Å². The molecule has 2 heterocycles. The van der Waals surface area contributed by atoms with Gasteiger partial charge in [0, 0.05) is 34.9 Å². The summed E-state index contributed by atoms with van der Waals surface area (Å²) < 4.78 is 21.7. The smallest absolute Gasteiger partial charge is 0.315 e. The van der Waals surface area contributed by atoms with Crippen LogP contribution >= 0.6 is 0 Å². The van der Waals surface area contributed by atoms with Crippen LogP contribution in [0.1, 0.15) is 50.7 Å². The van der Waals surface area contributed by atoms with Crippen molar-refractivity contribution in [3.63, 3.8) is 0 Å². The maximum absolute atomic E-state index is 13.6. The average Bonchev–Trinajstić information content (AvgIpc) is 3.33. The Hall–Kier alpha value is -4.21. The highest BCUT2D eigenvalue weighted by Gasteiger charge is 2.48. The van der Waals surface area contributed by atoms with Crippen molar-refractivity contribution < 1.29 is 33.5 Å². The summed E-state index contributed by atoms with van der Waals surface area (Å²) >= 11 is 0. The topological polar surface area (TPSA) is 127 Å². The fourth-order valence-corrected chi connectivity index (χ4v) is 5.41. The van der Waals surface area contributed by atoms with Crippen LogP contribution in [0.5, 0.6) is 17.2 Å². The molecule has 0 saturated carbocycles. The van der Waals surface area contributed by atoms with Crippen LogP contribution in [0.25, 0.3) is 0 Å². The van der Waals surface area contributed by atoms with E-state index >= 15 is 0 Å². The van der Waals surface area contributed by atoms with Gasteiger partial charge in [-0.15, -0.1) is 0 Å². The van der Waals surface area contributed by atoms with E-state index < -0.39 is 22.7 Å². The van der Waals surface area contributed by atoms with E-state index in [1.54, 1.807) is 38.3 Å². The van der Waals surface area contributed by atoms with Gasteiger partial charge in [0.15, 0.2) is 17.3 Å². The number of hydrogen-bond donors (Lipinski definition) is 0. The van der Waals surface area contributed by atoms with E-state index in [-0.39, 0.29) is 48.0 Å². The minimum absolute atomic E-state index is 0.0184. The maximum atomic E-state index is 13.6. The highest BCUT2D eigenvalue weighted by molar-refractivity contribution is 6.09. The van der Waals surface area contributed by atoms with E-state index in [0.717, 1.165) is 5.56 Å². The van der Waals surface area contributed by atoms with Gasteiger partial charge in [-0.25, -0.2) is 0 Å². The molecule has 0 saturated heterocycles. The van der Waals surface area contributed by atoms with E-state index in [1.807, 2.05) is 13.8 Å². The molecule has 0 amide bonds. The number of fused-ring (bicyclic) bond motifs is 1. The highest BCUT2D eigenvalue weighted by Crippen LogP contribution is 2.51. The highest BCUT2D eigenvalue weighted by atomic mass is 16.7. The van der Waals surface area contributed by atoms with Crippen LogP contribution in [0.4, 0.5) is 5.69 Å². The van der Waals surface area contributed by atoms with Crippen molar-refractivity contribution >= 4 is 23.2 Å². The zero-order valence-corrected chi connectivity index (χ0v) is 21.6. The number of carbonyl (C=O) groups is 2. The van der Waals surface area contributed by atoms with Gasteiger partial charge >= 0.3 is 5.97 Å². The number of ether oxygens (including phenoxy) is 4. The number of benzene rings is 2. The molecular formula is C28H28N2O8. The first-order valence-electron chi connectivity index (χ1n) is 12.3. The lowest BCUT2D eigenvalue weighted by atomic mass is 9.66. The predicted molar refractivity (Wildman–Crippen MR) is 136 cm³/mol. The molecule has 0 radical (unpaired) electrons. The number of hydrogen-bond acceptors (Lipinski definition) is 9. The summed E-state index contributed by atoms with van der Waals surface area (Å²) in [5.41, 5.74) is 1.67. The zero-order valence-electron chi connectivity index (χ0n) is 21.6. The van der Waals surface area contributed by atoms with E-state index in [9.17, 15) is 19.7 Å². The van der Waals surface area contributed by atoms with E-state index in [4.69, 9.17) is 18.9 Å². The van der Waals surface area contributed by atoms with Crippen molar-refractivity contribution in [1.82, 2.24) is 0 Å². The number of nitro benzene ring substituents is 1. The van der Waals surface area contributed by atoms with E-state index in [0.29, 0.717) is 34.9 Å². The number of rotatable bonds is 6. The minimum Gasteiger partial charge on any atom is -0.497 e. The molecule has 198 valence electrons. The fourth-order valence-electron chi connectivity index (χ4n) is 5.41. The first kappa shape index (κ1) is 25.4. The Morgan fingerprint density at radius 1 is 1.16 bits per heavy atom. The monoisotopic (exact) mass is 520 g/mol. The number of methoxy groups -OCH3 is 1. The molecule has 5 rings (SSSR count). The van der Waals surface area contributed by atoms with Crippen LogP contribution in [0.3, 0.4) is 0 Å². The molecule has 2 aromatic rings. The van der Waals surface area contributed by atoms with Crippen molar-refractivity contribution in [1.29, 1.82) is 0 Å². The Bertz CT molecular complexity index is 1390. The zero-order chi connectivity index (χ0) is 27.2. The van der Waals surface area contributed by atoms with Gasteiger partial charge < -0.3 is 18.9 Å². The number of nitro groups is 1. The molecule has 1 unspecified atom stereocenters. The molecule has 3 aliphatic rings. The molecule has 10 nitrogen and oxygen atoms in total. The lowest BCUT2D eigenvalue weighted by molar-refractivity contribution is -0.385. The van der Waals surface area contributed by atoms with Crippen LogP contribution in [0.15, 0.2) is 52.7 Å². The molecule has 1 aliphatic carbocycles. The van der Waals surface area contributed by atoms with Gasteiger partial charge in [0.2, 0.25) is 6.79 Å². The standard InChI is InChI=1S/C28H28N2O8/c1-15-24(27(32)36-13-16-5-7-17(35-4)8-6-16)25(26-19(29-15)11-28(2,3)12-21(26)31)18-9-22-23(38-14-37-22)10-20(18)30(33)34/h5-10,24-25H,11-14H2,1-4H3/t24?,25-/m1/s1. The predicted octanol–water partition coefficient (Wildman–Crippen LogP) is 4.89. The molecule has 2 aromatic carbocycles. The number of ketones is 1. The summed E-state index contributed by atoms with van der Waals surface area (Å²) in [4.78, 5) is 43.5. The molecule has 2 aliphatic heterocycles. The van der Waals surface area contributed by atoms with Gasteiger partial charge in [0.25, 0.3) is 5.69 Å². The second-order valence-electron chi connectivity index (χ2n) is 10.5. The summed E-state index contributed by atoms with van der Waals surface area (Å²) in [5.74, 6) is -1.56. The Kier molecular flexibility index (Phi) is 6.42. The van der Waals surface area contributed by atoms with Gasteiger partial charge in [0.05, 0.1) is 18.1 Å². The Morgan fingerprint density at radius 3 is 2.50 bits per heavy atom. The van der Waals surface area contributed by atoms with Gasteiger partial charge in [-0.1, -0.05) is 26.0 Å². The van der Waals surface area contributed by atoms with Gasteiger partial charge in [-0.05, 0) is 42.5 Å². The first-order valence-corrected chi connectivity index (χ1v) is 12.3. The fraction of sp³-hybridized carbons (Fsp3) is 0.393. The summed E-state index contributed by atoms with van der Waals surface area (Å²) in [6.07, 6.45) is 0.747. The quantitative estimate of drug-likeness (QED) is 0.299. The van der Waals surface area contributed by atoms with Crippen molar-refractivity contribution in [3.8, 4) is 17.2 Å². The molecule has 0 fully saturated rings. The Labute approximate surface area is 219 Å². The lowest BCUT2D eigenvalue weighted by Gasteiger charge is -2.38. The third-order valence-corrected chi connectivity index (χ3v) is 7.15. The first-order chi connectivity index (χ1) is 18.1. The summed E-state index contributed by atoms with van der Waals surface area (Å²) in [7, 11) is 1.56. The lowest BCUT2D eigenvalue weighted by Crippen LogP contribution is -2.39. The van der Waals surface area contributed by atoms with Crippen LogP contribution in [-0.2, 0) is 20.9 Å². The van der Waals surface area contributed by atoms with E-state index in [2.05, 4.69) is 4.99 Å². The molecule has 0 bridgehead atoms. The third kappa shape index (κ3) is 4.62. The third-order valence-electron chi connectivity index (χ3n) is 7.15. The Balaban J connectivity index is 1.58. The molecule has 0 N–H and O–H groups in total. The van der Waals surface area contributed by atoms with Gasteiger partial charge in [0.1, 0.15) is 18.3 Å². The van der Waals surface area contributed by atoms with Crippen molar-refractivity contribution in [2.45, 2.75) is 46.1 Å². The minimum atomic E-state index is -1.03. The second-order valence-corrected chi connectivity index (χ2v) is 10.5. The number of esters is 1. The van der Waals surface area contributed by atoms with Crippen LogP contribution in [0, 0.1) is 21.4 Å². The molecular weight excluding hydrogens is 492 g/mol. The SMILES string of the molecule is COc1ccc(COC(=O)C2C(C)=NC3=C(C(=O)CC(C)(C)C3)[C@@H]2c2cc3c(cc2[N+](=O)[O-])OCO3)cc1. The largest absolute Gasteiger partial charge is 0.497 e. The molecule has 0 aromatic heterocycles. The van der Waals surface area contributed by atoms with Crippen molar-refractivity contribution in [2.24, 2.45) is 16.3 Å². The summed E-state index contributed by atoms with van der Waals surface area (Å²) in [6, 6.07) is 9.87. The van der Waals surface area contributed by atoms with Crippen molar-refractivity contribution in [3.05, 3.63) is 68.9 Å². The number of allylic oxidation sites excluding steroid dienone is 2. The van der Waals surface area contributed by atoms with E-state index in [1.165, 1.54) is 12.1 Å². The number of nitrogens with zero attached hydrogens (tertiary/aromatic N) is 2. The molecule has 38 heavy (non-hydrogen) atoms. The average molecular weight is 521 g/mol. The second kappa shape index (κ2) is 9.59. The normalized spacial score (nSPS) is 21.5. The molecule has 0 spiro atoms. The van der Waals surface area contributed by atoms with Gasteiger partial charge in [-0.2, -0.15) is 0 Å².